The molecule has 0 aromatic rings. The highest BCUT2D eigenvalue weighted by molar-refractivity contribution is 14.0. The molecular formula is C16H35IN4O3S. The summed E-state index contributed by atoms with van der Waals surface area (Å²) in [6.45, 7) is 12.2. The number of halogens is 1. The van der Waals surface area contributed by atoms with Crippen molar-refractivity contribution < 1.29 is 13.2 Å². The fourth-order valence-corrected chi connectivity index (χ4v) is 3.32. The average molecular weight is 490 g/mol. The smallest absolute Gasteiger partial charge is 0.191 e. The number of nitrogens with zero attached hydrogens (tertiary/aromatic N) is 2. The molecule has 1 saturated heterocycles. The average Bonchev–Trinajstić information content (AvgIpc) is 2.47. The quantitative estimate of drug-likeness (QED) is 0.217. The Morgan fingerprint density at radius 2 is 2.08 bits per heavy atom. The van der Waals surface area contributed by atoms with Gasteiger partial charge >= 0.3 is 0 Å². The molecule has 0 bridgehead atoms. The lowest BCUT2D eigenvalue weighted by atomic mass is 10.2. The number of morpholine rings is 1. The minimum absolute atomic E-state index is 0. The third-order valence-electron chi connectivity index (χ3n) is 3.63. The van der Waals surface area contributed by atoms with Crippen LogP contribution in [0.25, 0.3) is 0 Å². The molecule has 1 unspecified atom stereocenters. The molecule has 7 nitrogen and oxygen atoms in total. The Labute approximate surface area is 170 Å². The Morgan fingerprint density at radius 1 is 1.36 bits per heavy atom. The van der Waals surface area contributed by atoms with E-state index in [9.17, 15) is 8.42 Å². The lowest BCUT2D eigenvalue weighted by Gasteiger charge is -2.33. The molecule has 1 fully saturated rings. The molecule has 9 heteroatoms. The first kappa shape index (κ1) is 24.9. The number of sulfone groups is 1. The fraction of sp³-hybridized carbons (Fsp3) is 0.938. The van der Waals surface area contributed by atoms with Crippen LogP contribution in [0.2, 0.25) is 0 Å². The van der Waals surface area contributed by atoms with Crippen molar-refractivity contribution in [1.29, 1.82) is 0 Å². The van der Waals surface area contributed by atoms with Crippen LogP contribution in [0.15, 0.2) is 4.99 Å². The zero-order valence-electron chi connectivity index (χ0n) is 16.0. The van der Waals surface area contributed by atoms with Gasteiger partial charge in [0.1, 0.15) is 9.84 Å². The van der Waals surface area contributed by atoms with E-state index >= 15 is 0 Å². The molecule has 1 heterocycles. The highest BCUT2D eigenvalue weighted by atomic mass is 127. The van der Waals surface area contributed by atoms with Crippen LogP contribution in [0.5, 0.6) is 0 Å². The van der Waals surface area contributed by atoms with Crippen molar-refractivity contribution in [1.82, 2.24) is 15.5 Å². The third kappa shape index (κ3) is 12.8. The Balaban J connectivity index is 0.00000576. The van der Waals surface area contributed by atoms with Crippen LogP contribution in [0, 0.1) is 5.92 Å². The molecule has 0 amide bonds. The molecular weight excluding hydrogens is 455 g/mol. The highest BCUT2D eigenvalue weighted by Gasteiger charge is 2.20. The molecule has 1 aliphatic heterocycles. The van der Waals surface area contributed by atoms with Gasteiger partial charge in [-0.25, -0.2) is 8.42 Å². The van der Waals surface area contributed by atoms with Crippen molar-refractivity contribution >= 4 is 39.8 Å². The molecule has 1 atom stereocenters. The first-order chi connectivity index (χ1) is 11.3. The maximum absolute atomic E-state index is 11.1. The molecule has 0 saturated carbocycles. The SMILES string of the molecule is CCNC(=NCC1CN(CC(C)C)CCO1)NCCCS(C)(=O)=O.I. The molecule has 2 N–H and O–H groups in total. The second-order valence-corrected chi connectivity index (χ2v) is 9.04. The molecule has 1 rings (SSSR count). The van der Waals surface area contributed by atoms with E-state index in [4.69, 9.17) is 4.74 Å². The van der Waals surface area contributed by atoms with E-state index in [1.807, 2.05) is 6.92 Å². The largest absolute Gasteiger partial charge is 0.374 e. The van der Waals surface area contributed by atoms with Gasteiger partial charge in [0.05, 0.1) is 25.0 Å². The summed E-state index contributed by atoms with van der Waals surface area (Å²) in [7, 11) is -2.91. The number of hydrogen-bond donors (Lipinski definition) is 2. The zero-order chi connectivity index (χ0) is 18.0. The Bertz CT molecular complexity index is 486. The van der Waals surface area contributed by atoms with Gasteiger partial charge in [0, 0.05) is 39.0 Å². The van der Waals surface area contributed by atoms with Crippen molar-refractivity contribution in [3.8, 4) is 0 Å². The van der Waals surface area contributed by atoms with Gasteiger partial charge in [-0.1, -0.05) is 13.8 Å². The topological polar surface area (TPSA) is 83.0 Å². The number of ether oxygens (including phenoxy) is 1. The molecule has 1 aliphatic rings. The van der Waals surface area contributed by atoms with Crippen LogP contribution in [-0.2, 0) is 14.6 Å². The van der Waals surface area contributed by atoms with E-state index in [0.29, 0.717) is 25.4 Å². The van der Waals surface area contributed by atoms with Crippen molar-refractivity contribution in [2.75, 3.05) is 57.9 Å². The van der Waals surface area contributed by atoms with Gasteiger partial charge in [0.15, 0.2) is 5.96 Å². The molecule has 25 heavy (non-hydrogen) atoms. The highest BCUT2D eigenvalue weighted by Crippen LogP contribution is 2.08. The monoisotopic (exact) mass is 490 g/mol. The van der Waals surface area contributed by atoms with E-state index in [0.717, 1.165) is 38.7 Å². The maximum atomic E-state index is 11.1. The predicted octanol–water partition coefficient (Wildman–Crippen LogP) is 0.951. The van der Waals surface area contributed by atoms with Crippen LogP contribution in [0.3, 0.4) is 0 Å². The van der Waals surface area contributed by atoms with Crippen LogP contribution in [0.1, 0.15) is 27.2 Å². The molecule has 0 aliphatic carbocycles. The fourth-order valence-electron chi connectivity index (χ4n) is 2.65. The summed E-state index contributed by atoms with van der Waals surface area (Å²) in [5.41, 5.74) is 0. The van der Waals surface area contributed by atoms with E-state index < -0.39 is 9.84 Å². The van der Waals surface area contributed by atoms with E-state index in [2.05, 4.69) is 34.4 Å². The van der Waals surface area contributed by atoms with Gasteiger partial charge in [-0.05, 0) is 19.3 Å². The normalized spacial score (nSPS) is 19.6. The minimum Gasteiger partial charge on any atom is -0.374 e. The number of guanidine groups is 1. The van der Waals surface area contributed by atoms with Gasteiger partial charge in [-0.3, -0.25) is 9.89 Å². The van der Waals surface area contributed by atoms with Crippen molar-refractivity contribution in [2.24, 2.45) is 10.9 Å². The van der Waals surface area contributed by atoms with Gasteiger partial charge in [-0.15, -0.1) is 24.0 Å². The second kappa shape index (κ2) is 13.1. The van der Waals surface area contributed by atoms with Crippen molar-refractivity contribution in [3.05, 3.63) is 0 Å². The summed E-state index contributed by atoms with van der Waals surface area (Å²) in [6, 6.07) is 0. The second-order valence-electron chi connectivity index (χ2n) is 6.78. The summed E-state index contributed by atoms with van der Waals surface area (Å²) in [5.74, 6) is 1.56. The lowest BCUT2D eigenvalue weighted by Crippen LogP contribution is -2.46. The summed E-state index contributed by atoms with van der Waals surface area (Å²) in [6.07, 6.45) is 1.95. The number of hydrogen-bond acceptors (Lipinski definition) is 5. The number of aliphatic imine (C=N–C) groups is 1. The third-order valence-corrected chi connectivity index (χ3v) is 4.66. The molecule has 0 spiro atoms. The molecule has 0 radical (unpaired) electrons. The summed E-state index contributed by atoms with van der Waals surface area (Å²) in [5, 5.41) is 6.37. The lowest BCUT2D eigenvalue weighted by molar-refractivity contribution is -0.0261. The summed E-state index contributed by atoms with van der Waals surface area (Å²) < 4.78 is 28.1. The molecule has 150 valence electrons. The minimum atomic E-state index is -2.91. The van der Waals surface area contributed by atoms with Crippen molar-refractivity contribution in [2.45, 2.75) is 33.3 Å². The zero-order valence-corrected chi connectivity index (χ0v) is 19.1. The number of nitrogens with one attached hydrogen (secondary N) is 2. The van der Waals surface area contributed by atoms with Gasteiger partial charge < -0.3 is 15.4 Å². The Hall–Kier alpha value is -0.130. The van der Waals surface area contributed by atoms with Gasteiger partial charge in [0.25, 0.3) is 0 Å². The van der Waals surface area contributed by atoms with Gasteiger partial charge in [0.2, 0.25) is 0 Å². The van der Waals surface area contributed by atoms with Gasteiger partial charge in [-0.2, -0.15) is 0 Å². The van der Waals surface area contributed by atoms with Crippen LogP contribution in [0.4, 0.5) is 0 Å². The summed E-state index contributed by atoms with van der Waals surface area (Å²) in [4.78, 5) is 7.01. The van der Waals surface area contributed by atoms with E-state index in [-0.39, 0.29) is 35.8 Å². The van der Waals surface area contributed by atoms with Crippen LogP contribution < -0.4 is 10.6 Å². The summed E-state index contributed by atoms with van der Waals surface area (Å²) >= 11 is 0. The molecule has 0 aromatic carbocycles. The predicted molar refractivity (Wildman–Crippen MR) is 115 cm³/mol. The first-order valence-corrected chi connectivity index (χ1v) is 10.9. The van der Waals surface area contributed by atoms with E-state index in [1.165, 1.54) is 6.26 Å². The van der Waals surface area contributed by atoms with Crippen molar-refractivity contribution in [3.63, 3.8) is 0 Å². The maximum Gasteiger partial charge on any atom is 0.191 e. The number of rotatable bonds is 9. The molecule has 0 aromatic heterocycles. The Kier molecular flexibility index (Phi) is 13.0. The van der Waals surface area contributed by atoms with Crippen LogP contribution in [-0.4, -0.2) is 83.3 Å². The standard InChI is InChI=1S/C16H34N4O3S.HI/c1-5-17-16(18-7-6-10-24(4,21)22)19-11-15-13-20(8-9-23-15)12-14(2)3;/h14-15H,5-13H2,1-4H3,(H2,17,18,19);1H. The first-order valence-electron chi connectivity index (χ1n) is 8.84. The van der Waals surface area contributed by atoms with Crippen LogP contribution >= 0.6 is 24.0 Å². The Morgan fingerprint density at radius 3 is 2.68 bits per heavy atom. The van der Waals surface area contributed by atoms with E-state index in [1.54, 1.807) is 0 Å².